The summed E-state index contributed by atoms with van der Waals surface area (Å²) in [6.45, 7) is 5.61. The maximum Gasteiger partial charge on any atom is 0.147 e. The van der Waals surface area contributed by atoms with E-state index in [1.807, 2.05) is 0 Å². The van der Waals surface area contributed by atoms with E-state index in [0.717, 1.165) is 0 Å². The Morgan fingerprint density at radius 2 is 1.04 bits per heavy atom. The third-order valence-electron chi connectivity index (χ3n) is 5.06. The predicted molar refractivity (Wildman–Crippen MR) is 92.4 cm³/mol. The average Bonchev–Trinajstić information content (AvgIpc) is 2.55. The molecule has 0 aromatic rings. The van der Waals surface area contributed by atoms with Gasteiger partial charge in [-0.15, -0.1) is 0 Å². The smallest absolute Gasteiger partial charge is 0.147 e. The highest BCUT2D eigenvalue weighted by molar-refractivity contribution is 6.08. The lowest BCUT2D eigenvalue weighted by Crippen LogP contribution is -2.35. The molecule has 0 aromatic carbocycles. The molecule has 0 amide bonds. The molecule has 5 heteroatoms. The van der Waals surface area contributed by atoms with Crippen LogP contribution in [-0.2, 0) is 23.9 Å². The summed E-state index contributed by atoms with van der Waals surface area (Å²) in [5.41, 5.74) is -2.22. The van der Waals surface area contributed by atoms with E-state index in [2.05, 4.69) is 0 Å². The Bertz CT molecular complexity index is 669. The topological polar surface area (TPSA) is 77.5 Å². The zero-order chi connectivity index (χ0) is 18.8. The highest BCUT2D eigenvalue weighted by Gasteiger charge is 2.40. The summed E-state index contributed by atoms with van der Waals surface area (Å²) in [5, 5.41) is 0. The van der Waals surface area contributed by atoms with Gasteiger partial charge in [0.2, 0.25) is 0 Å². The van der Waals surface area contributed by atoms with Gasteiger partial charge in [0, 0.05) is 0 Å². The Hall–Kier alpha value is -2.56. The van der Waals surface area contributed by atoms with Crippen LogP contribution in [0.4, 0.5) is 0 Å². The molecule has 25 heavy (non-hydrogen) atoms. The first-order valence-electron chi connectivity index (χ1n) is 8.15. The van der Waals surface area contributed by atoms with Crippen LogP contribution in [0.25, 0.3) is 0 Å². The Balaban J connectivity index is 2.12. The second-order valence-corrected chi connectivity index (χ2v) is 6.56. The first kappa shape index (κ1) is 18.8. The predicted octanol–water partition coefficient (Wildman–Crippen LogP) is 3.02. The zero-order valence-corrected chi connectivity index (χ0v) is 14.9. The summed E-state index contributed by atoms with van der Waals surface area (Å²) in [6.07, 6.45) is 10.3. The monoisotopic (exact) mass is 342 g/mol. The normalized spacial score (nSPS) is 20.3. The number of hydrogen-bond acceptors (Lipinski definition) is 5. The molecule has 0 unspecified atom stereocenters. The largest absolute Gasteiger partial charge is 0.458 e. The molecule has 5 nitrogen and oxygen atoms in total. The molecule has 2 aliphatic carbocycles. The summed E-state index contributed by atoms with van der Waals surface area (Å²) < 4.78 is 5.74. The fraction of sp³-hybridized carbons (Fsp3) is 0.400. The summed E-state index contributed by atoms with van der Waals surface area (Å²) in [4.78, 5) is 47.3. The van der Waals surface area contributed by atoms with Gasteiger partial charge in [-0.2, -0.15) is 0 Å². The summed E-state index contributed by atoms with van der Waals surface area (Å²) in [5.74, 6) is 0.249. The van der Waals surface area contributed by atoms with Gasteiger partial charge in [0.15, 0.2) is 0 Å². The number of carbonyl (C=O) groups is 4. The molecule has 2 rings (SSSR count). The quantitative estimate of drug-likeness (QED) is 0.693. The van der Waals surface area contributed by atoms with Crippen LogP contribution in [-0.4, -0.2) is 23.1 Å². The molecule has 0 aliphatic heterocycles. The number of rotatable bonds is 6. The van der Waals surface area contributed by atoms with Gasteiger partial charge in [-0.25, -0.2) is 0 Å². The third kappa shape index (κ3) is 3.31. The molecule has 2 aliphatic rings. The maximum absolute atomic E-state index is 11.8. The van der Waals surface area contributed by atoms with Gasteiger partial charge in [-0.05, 0) is 64.8 Å². The number of Topliss-reactive ketones (excluding diaryl/α,β-unsaturated/α-hetero) is 4. The molecule has 0 spiro atoms. The molecule has 0 aromatic heterocycles. The molecular weight excluding hydrogens is 320 g/mol. The highest BCUT2D eigenvalue weighted by atomic mass is 16.5. The van der Waals surface area contributed by atoms with E-state index in [0.29, 0.717) is 11.5 Å². The van der Waals surface area contributed by atoms with Gasteiger partial charge in [0.05, 0.1) is 0 Å². The molecule has 0 fully saturated rings. The van der Waals surface area contributed by atoms with Crippen molar-refractivity contribution in [2.24, 2.45) is 10.8 Å². The van der Waals surface area contributed by atoms with Crippen molar-refractivity contribution < 1.29 is 23.9 Å². The van der Waals surface area contributed by atoms with Crippen LogP contribution in [0, 0.1) is 10.8 Å². The van der Waals surface area contributed by atoms with Gasteiger partial charge in [-0.1, -0.05) is 12.2 Å². The molecular formula is C20H22O5. The van der Waals surface area contributed by atoms with Gasteiger partial charge >= 0.3 is 0 Å². The van der Waals surface area contributed by atoms with Crippen LogP contribution < -0.4 is 0 Å². The van der Waals surface area contributed by atoms with Gasteiger partial charge < -0.3 is 4.74 Å². The van der Waals surface area contributed by atoms with E-state index in [4.69, 9.17) is 4.74 Å². The molecule has 0 saturated heterocycles. The molecule has 132 valence electrons. The summed E-state index contributed by atoms with van der Waals surface area (Å²) >= 11 is 0. The second-order valence-electron chi connectivity index (χ2n) is 6.56. The Kier molecular flexibility index (Phi) is 5.07. The van der Waals surface area contributed by atoms with Crippen molar-refractivity contribution in [3.8, 4) is 0 Å². The lowest BCUT2D eigenvalue weighted by atomic mass is 9.74. The van der Waals surface area contributed by atoms with Crippen LogP contribution >= 0.6 is 0 Å². The van der Waals surface area contributed by atoms with Crippen molar-refractivity contribution in [2.45, 2.75) is 40.5 Å². The van der Waals surface area contributed by atoms with Crippen molar-refractivity contribution in [1.82, 2.24) is 0 Å². The Morgan fingerprint density at radius 3 is 1.24 bits per heavy atom. The van der Waals surface area contributed by atoms with Crippen molar-refractivity contribution in [3.63, 3.8) is 0 Å². The van der Waals surface area contributed by atoms with E-state index in [9.17, 15) is 19.2 Å². The zero-order valence-electron chi connectivity index (χ0n) is 14.9. The number of carbonyl (C=O) groups excluding carboxylic acids is 4. The first-order chi connectivity index (χ1) is 11.6. The molecule has 0 radical (unpaired) electrons. The summed E-state index contributed by atoms with van der Waals surface area (Å²) in [6, 6.07) is 0. The molecule has 0 saturated carbocycles. The Labute approximate surface area is 147 Å². The lowest BCUT2D eigenvalue weighted by molar-refractivity contribution is -0.136. The van der Waals surface area contributed by atoms with Gasteiger partial charge in [0.1, 0.15) is 45.5 Å². The van der Waals surface area contributed by atoms with Gasteiger partial charge in [0.25, 0.3) is 0 Å². The minimum Gasteiger partial charge on any atom is -0.458 e. The molecule has 0 bridgehead atoms. The second kappa shape index (κ2) is 6.75. The fourth-order valence-electron chi connectivity index (χ4n) is 3.07. The summed E-state index contributed by atoms with van der Waals surface area (Å²) in [7, 11) is 0. The van der Waals surface area contributed by atoms with E-state index in [1.54, 1.807) is 36.5 Å². The lowest BCUT2D eigenvalue weighted by Gasteiger charge is -2.28. The minimum absolute atomic E-state index is 0.198. The van der Waals surface area contributed by atoms with Crippen LogP contribution in [0.3, 0.4) is 0 Å². The number of allylic oxidation sites excluding steroid dienone is 6. The Morgan fingerprint density at radius 1 is 0.720 bits per heavy atom. The fourth-order valence-corrected chi connectivity index (χ4v) is 3.07. The minimum atomic E-state index is -1.11. The molecule has 0 N–H and O–H groups in total. The van der Waals surface area contributed by atoms with E-state index in [1.165, 1.54) is 27.7 Å². The first-order valence-corrected chi connectivity index (χ1v) is 8.15. The van der Waals surface area contributed by atoms with Crippen molar-refractivity contribution in [2.75, 3.05) is 0 Å². The van der Waals surface area contributed by atoms with Crippen molar-refractivity contribution >= 4 is 23.1 Å². The van der Waals surface area contributed by atoms with Crippen LogP contribution in [0.5, 0.6) is 0 Å². The number of ketones is 4. The van der Waals surface area contributed by atoms with E-state index >= 15 is 0 Å². The van der Waals surface area contributed by atoms with E-state index < -0.39 is 10.8 Å². The third-order valence-corrected chi connectivity index (χ3v) is 5.06. The van der Waals surface area contributed by atoms with Crippen molar-refractivity contribution in [1.29, 1.82) is 0 Å². The molecule has 0 heterocycles. The van der Waals surface area contributed by atoms with Crippen LogP contribution in [0.2, 0.25) is 0 Å². The number of ether oxygens (including phenoxy) is 1. The standard InChI is InChI=1S/C20H22O5/c1-13(21)19(14(2)22)9-5-17(6-10-19)25-18-7-11-20(12-8-18,15(3)23)16(4)24/h5-9,11H,10,12H2,1-4H3. The number of hydrogen-bond donors (Lipinski definition) is 0. The van der Waals surface area contributed by atoms with Gasteiger partial charge in [-0.3, -0.25) is 19.2 Å². The average molecular weight is 342 g/mol. The SMILES string of the molecule is CC(=O)C1(C(C)=O)C=CC(OC2=CCC(C(C)=O)(C(C)=O)C=C2)=CC1. The molecule has 0 atom stereocenters. The maximum atomic E-state index is 11.8. The van der Waals surface area contributed by atoms with Crippen LogP contribution in [0.15, 0.2) is 48.0 Å². The van der Waals surface area contributed by atoms with Crippen LogP contribution in [0.1, 0.15) is 40.5 Å². The highest BCUT2D eigenvalue weighted by Crippen LogP contribution is 2.35. The van der Waals surface area contributed by atoms with Crippen molar-refractivity contribution in [3.05, 3.63) is 48.0 Å². The van der Waals surface area contributed by atoms with E-state index in [-0.39, 0.29) is 36.0 Å².